The largest absolute Gasteiger partial charge is 0.382 e. The van der Waals surface area contributed by atoms with Gasteiger partial charge in [0.05, 0.1) is 36.9 Å². The summed E-state index contributed by atoms with van der Waals surface area (Å²) in [5.74, 6) is 0.480. The van der Waals surface area contributed by atoms with E-state index in [4.69, 9.17) is 15.2 Å². The molecule has 1 amide bonds. The summed E-state index contributed by atoms with van der Waals surface area (Å²) in [7, 11) is 0. The van der Waals surface area contributed by atoms with E-state index >= 15 is 0 Å². The standard InChI is InChI=1S/C40H49N7O6/c1-27(2)23-33(44-39(51)38(50)30(41)24-28-9-4-3-5-10-28)35(48)13-8-19-52-21-22-53-20-17-42-37-15-14-29(26-43-37)25-36(49)32-16-18-47-34-12-7-6-11-31(34)45-40(47)46-32/h3-7,9-12,14-16,18,26-27,30,33,38,50H,8,13,17,19-25,41H2,1-2H3,(H,42,43)(H,44,51)/t30-,33+,38+/m1/s1. The number of anilines is 1. The molecule has 5 N–H and O–H groups in total. The first-order valence-corrected chi connectivity index (χ1v) is 18.1. The molecule has 13 nitrogen and oxygen atoms in total. The number of aliphatic hydroxyl groups is 1. The van der Waals surface area contributed by atoms with Crippen molar-refractivity contribution in [2.45, 2.75) is 64.1 Å². The number of benzene rings is 2. The number of ether oxygens (including phenoxy) is 2. The zero-order valence-electron chi connectivity index (χ0n) is 30.3. The Balaban J connectivity index is 0.926. The van der Waals surface area contributed by atoms with Gasteiger partial charge in [-0.15, -0.1) is 0 Å². The van der Waals surface area contributed by atoms with Crippen molar-refractivity contribution in [2.24, 2.45) is 11.7 Å². The molecule has 0 saturated heterocycles. The zero-order valence-corrected chi connectivity index (χ0v) is 30.3. The van der Waals surface area contributed by atoms with Crippen LogP contribution in [-0.2, 0) is 31.9 Å². The molecular formula is C40H49N7O6. The molecule has 0 fully saturated rings. The van der Waals surface area contributed by atoms with Gasteiger partial charge in [0.15, 0.2) is 11.6 Å². The van der Waals surface area contributed by atoms with Gasteiger partial charge in [-0.1, -0.05) is 62.4 Å². The Morgan fingerprint density at radius 2 is 1.64 bits per heavy atom. The number of aliphatic hydroxyl groups excluding tert-OH is 1. The Morgan fingerprint density at radius 3 is 2.40 bits per heavy atom. The molecule has 0 aliphatic heterocycles. The number of carbonyl (C=O) groups is 3. The first kappa shape index (κ1) is 39.1. The molecule has 2 aromatic carbocycles. The minimum absolute atomic E-state index is 0.103. The van der Waals surface area contributed by atoms with Crippen molar-refractivity contribution in [1.29, 1.82) is 0 Å². The molecule has 53 heavy (non-hydrogen) atoms. The number of para-hydroxylation sites is 2. The van der Waals surface area contributed by atoms with Crippen LogP contribution in [0.3, 0.4) is 0 Å². The first-order chi connectivity index (χ1) is 25.7. The van der Waals surface area contributed by atoms with Crippen LogP contribution in [0.5, 0.6) is 0 Å². The van der Waals surface area contributed by atoms with Crippen LogP contribution in [0.2, 0.25) is 0 Å². The third kappa shape index (κ3) is 11.7. The van der Waals surface area contributed by atoms with Crippen LogP contribution in [0.25, 0.3) is 16.8 Å². The Kier molecular flexibility index (Phi) is 14.5. The molecule has 3 atom stereocenters. The molecule has 13 heteroatoms. The first-order valence-electron chi connectivity index (χ1n) is 18.1. The fourth-order valence-corrected chi connectivity index (χ4v) is 5.90. The smallest absolute Gasteiger partial charge is 0.251 e. The van der Waals surface area contributed by atoms with Crippen molar-refractivity contribution in [3.8, 4) is 0 Å². The summed E-state index contributed by atoms with van der Waals surface area (Å²) in [5.41, 5.74) is 9.93. The number of pyridine rings is 1. The third-order valence-electron chi connectivity index (χ3n) is 8.69. The van der Waals surface area contributed by atoms with E-state index in [9.17, 15) is 19.5 Å². The second kappa shape index (κ2) is 19.7. The Labute approximate surface area is 309 Å². The number of ketones is 2. The van der Waals surface area contributed by atoms with Crippen molar-refractivity contribution >= 4 is 40.1 Å². The third-order valence-corrected chi connectivity index (χ3v) is 8.69. The Hall–Kier alpha value is -5.08. The predicted octanol–water partition coefficient (Wildman–Crippen LogP) is 3.96. The molecule has 5 rings (SSSR count). The van der Waals surface area contributed by atoms with Crippen molar-refractivity contribution < 1.29 is 29.0 Å². The summed E-state index contributed by atoms with van der Waals surface area (Å²) < 4.78 is 13.1. The topological polar surface area (TPSA) is 183 Å². The van der Waals surface area contributed by atoms with Crippen molar-refractivity contribution in [2.75, 3.05) is 38.3 Å². The normalized spacial score (nSPS) is 13.2. The number of carbonyl (C=O) groups excluding carboxylic acids is 3. The number of imidazole rings is 1. The Bertz CT molecular complexity index is 1930. The monoisotopic (exact) mass is 723 g/mol. The maximum atomic E-state index is 13.0. The van der Waals surface area contributed by atoms with Crippen LogP contribution < -0.4 is 16.4 Å². The van der Waals surface area contributed by atoms with Gasteiger partial charge in [0.1, 0.15) is 17.6 Å². The quantitative estimate of drug-likeness (QED) is 0.0599. The minimum atomic E-state index is -1.43. The van der Waals surface area contributed by atoms with Gasteiger partial charge in [-0.2, -0.15) is 0 Å². The van der Waals surface area contributed by atoms with Gasteiger partial charge in [0.2, 0.25) is 5.78 Å². The summed E-state index contributed by atoms with van der Waals surface area (Å²) in [6, 6.07) is 21.1. The van der Waals surface area contributed by atoms with E-state index in [1.54, 1.807) is 12.3 Å². The molecule has 280 valence electrons. The van der Waals surface area contributed by atoms with Crippen molar-refractivity contribution in [3.05, 3.63) is 102 Å². The van der Waals surface area contributed by atoms with E-state index in [1.165, 1.54) is 0 Å². The number of Topliss-reactive ketones (excluding diaryl/α,β-unsaturated/α-hetero) is 2. The average Bonchev–Trinajstić information content (AvgIpc) is 3.53. The van der Waals surface area contributed by atoms with E-state index in [0.717, 1.165) is 22.2 Å². The molecule has 0 saturated carbocycles. The van der Waals surface area contributed by atoms with Crippen LogP contribution in [0, 0.1) is 5.92 Å². The van der Waals surface area contributed by atoms with E-state index < -0.39 is 24.1 Å². The number of rotatable bonds is 22. The SMILES string of the molecule is CC(C)C[C@H](NC(=O)[C@@H](O)[C@H](N)Cc1ccccc1)C(=O)CCCOCCOCCNc1ccc(CC(=O)c2ccn3c(n2)nc2ccccc23)cn1. The zero-order chi connectivity index (χ0) is 37.6. The molecule has 0 radical (unpaired) electrons. The lowest BCUT2D eigenvalue weighted by molar-refractivity contribution is -0.134. The summed E-state index contributed by atoms with van der Waals surface area (Å²) in [6.45, 7) is 6.09. The van der Waals surface area contributed by atoms with E-state index in [0.29, 0.717) is 69.5 Å². The molecule has 0 bridgehead atoms. The van der Waals surface area contributed by atoms with Crippen molar-refractivity contribution in [1.82, 2.24) is 24.7 Å². The molecule has 3 aromatic heterocycles. The lowest BCUT2D eigenvalue weighted by Gasteiger charge is -2.24. The number of hydrogen-bond donors (Lipinski definition) is 4. The van der Waals surface area contributed by atoms with Gasteiger partial charge in [0.25, 0.3) is 5.91 Å². The molecule has 0 unspecified atom stereocenters. The summed E-state index contributed by atoms with van der Waals surface area (Å²) >= 11 is 0. The molecule has 0 spiro atoms. The van der Waals surface area contributed by atoms with Gasteiger partial charge in [-0.3, -0.25) is 18.8 Å². The van der Waals surface area contributed by atoms with Crippen LogP contribution in [0.15, 0.2) is 85.2 Å². The van der Waals surface area contributed by atoms with Gasteiger partial charge in [-0.25, -0.2) is 15.0 Å². The lowest BCUT2D eigenvalue weighted by Crippen LogP contribution is -2.52. The highest BCUT2D eigenvalue weighted by molar-refractivity contribution is 5.96. The summed E-state index contributed by atoms with van der Waals surface area (Å²) in [4.78, 5) is 52.0. The molecule has 0 aliphatic rings. The second-order valence-electron chi connectivity index (χ2n) is 13.4. The van der Waals surface area contributed by atoms with Gasteiger partial charge < -0.3 is 30.9 Å². The highest BCUT2D eigenvalue weighted by Crippen LogP contribution is 2.16. The van der Waals surface area contributed by atoms with Crippen LogP contribution in [-0.4, -0.2) is 93.1 Å². The number of fused-ring (bicyclic) bond motifs is 3. The molecule has 0 aliphatic carbocycles. The number of nitrogens with one attached hydrogen (secondary N) is 2. The van der Waals surface area contributed by atoms with E-state index in [-0.39, 0.29) is 30.3 Å². The summed E-state index contributed by atoms with van der Waals surface area (Å²) in [6.07, 6.45) is 3.80. The number of nitrogens with two attached hydrogens (primary N) is 1. The maximum absolute atomic E-state index is 13.0. The molecular weight excluding hydrogens is 674 g/mol. The van der Waals surface area contributed by atoms with Gasteiger partial charge in [0, 0.05) is 44.4 Å². The fourth-order valence-electron chi connectivity index (χ4n) is 5.90. The number of amides is 1. The van der Waals surface area contributed by atoms with Crippen LogP contribution >= 0.6 is 0 Å². The average molecular weight is 724 g/mol. The predicted molar refractivity (Wildman–Crippen MR) is 203 cm³/mol. The summed E-state index contributed by atoms with van der Waals surface area (Å²) in [5, 5.41) is 16.5. The maximum Gasteiger partial charge on any atom is 0.251 e. The van der Waals surface area contributed by atoms with E-state index in [1.807, 2.05) is 91.2 Å². The fraction of sp³-hybridized carbons (Fsp3) is 0.400. The number of nitrogens with zero attached hydrogens (tertiary/aromatic N) is 4. The highest BCUT2D eigenvalue weighted by Gasteiger charge is 2.28. The Morgan fingerprint density at radius 1 is 0.887 bits per heavy atom. The number of hydrogen-bond acceptors (Lipinski definition) is 11. The molecule has 3 heterocycles. The van der Waals surface area contributed by atoms with Crippen LogP contribution in [0.1, 0.15) is 54.7 Å². The highest BCUT2D eigenvalue weighted by atomic mass is 16.5. The van der Waals surface area contributed by atoms with E-state index in [2.05, 4.69) is 25.6 Å². The van der Waals surface area contributed by atoms with Crippen LogP contribution in [0.4, 0.5) is 5.82 Å². The van der Waals surface area contributed by atoms with Crippen molar-refractivity contribution in [3.63, 3.8) is 0 Å². The second-order valence-corrected chi connectivity index (χ2v) is 13.4. The molecule has 5 aromatic rings. The van der Waals surface area contributed by atoms with Gasteiger partial charge >= 0.3 is 0 Å². The lowest BCUT2D eigenvalue weighted by atomic mass is 9.96. The van der Waals surface area contributed by atoms with Gasteiger partial charge in [-0.05, 0) is 60.6 Å². The minimum Gasteiger partial charge on any atom is -0.382 e. The number of aromatic nitrogens is 4.